The zero-order valence-electron chi connectivity index (χ0n) is 10.9. The summed E-state index contributed by atoms with van der Waals surface area (Å²) in [5.74, 6) is 0.479. The molecular weight excluding hydrogens is 274 g/mol. The van der Waals surface area contributed by atoms with Crippen LogP contribution in [0.5, 0.6) is 5.75 Å². The van der Waals surface area contributed by atoms with Gasteiger partial charge in [-0.1, -0.05) is 29.8 Å². The molecule has 4 heteroatoms. The molecule has 0 radical (unpaired) electrons. The number of nitrogens with zero attached hydrogens (tertiary/aromatic N) is 1. The number of rotatable bonds is 4. The summed E-state index contributed by atoms with van der Waals surface area (Å²) in [6.07, 6.45) is 0. The van der Waals surface area contributed by atoms with Crippen molar-refractivity contribution in [1.82, 2.24) is 0 Å². The van der Waals surface area contributed by atoms with Gasteiger partial charge in [0.2, 0.25) is 0 Å². The third kappa shape index (κ3) is 3.17. The van der Waals surface area contributed by atoms with Crippen LogP contribution in [0.1, 0.15) is 28.4 Å². The fraction of sp³-hybridized carbons (Fsp3) is 0.125. The van der Waals surface area contributed by atoms with Gasteiger partial charge < -0.3 is 4.74 Å². The van der Waals surface area contributed by atoms with E-state index < -0.39 is 0 Å². The third-order valence-electron chi connectivity index (χ3n) is 2.83. The van der Waals surface area contributed by atoms with E-state index in [9.17, 15) is 4.79 Å². The first-order chi connectivity index (χ1) is 9.61. The minimum Gasteiger partial charge on any atom is -0.488 e. The number of Topliss-reactive ketones (excluding diaryl/α,β-unsaturated/α-hetero) is 1. The first kappa shape index (κ1) is 14.1. The fourth-order valence-electron chi connectivity index (χ4n) is 1.77. The summed E-state index contributed by atoms with van der Waals surface area (Å²) in [6, 6.07) is 14.1. The van der Waals surface area contributed by atoms with E-state index in [-0.39, 0.29) is 12.4 Å². The van der Waals surface area contributed by atoms with Crippen LogP contribution >= 0.6 is 11.6 Å². The Balaban J connectivity index is 2.18. The first-order valence-corrected chi connectivity index (χ1v) is 6.41. The molecule has 0 heterocycles. The lowest BCUT2D eigenvalue weighted by Crippen LogP contribution is -2.02. The molecule has 2 aromatic rings. The first-order valence-electron chi connectivity index (χ1n) is 6.03. The monoisotopic (exact) mass is 285 g/mol. The van der Waals surface area contributed by atoms with Gasteiger partial charge >= 0.3 is 0 Å². The summed E-state index contributed by atoms with van der Waals surface area (Å²) in [4.78, 5) is 11.5. The standard InChI is InChI=1S/C16H12ClNO2/c1-11(19)14-4-2-3-5-16(14)20-10-13-7-6-12(9-18)8-15(13)17/h2-8H,10H2,1H3. The number of carbonyl (C=O) groups is 1. The van der Waals surface area contributed by atoms with Crippen LogP contribution in [0.2, 0.25) is 5.02 Å². The SMILES string of the molecule is CC(=O)c1ccccc1OCc1ccc(C#N)cc1Cl. The predicted octanol–water partition coefficient (Wildman–Crippen LogP) is 3.99. The van der Waals surface area contributed by atoms with Gasteiger partial charge in [-0.3, -0.25) is 4.79 Å². The zero-order valence-corrected chi connectivity index (χ0v) is 11.6. The van der Waals surface area contributed by atoms with Crippen LogP contribution in [0.4, 0.5) is 0 Å². The molecule has 0 aliphatic carbocycles. The van der Waals surface area contributed by atoms with Crippen molar-refractivity contribution in [2.75, 3.05) is 0 Å². The maximum atomic E-state index is 11.5. The second-order valence-electron chi connectivity index (χ2n) is 4.26. The lowest BCUT2D eigenvalue weighted by Gasteiger charge is -2.10. The molecule has 100 valence electrons. The van der Waals surface area contributed by atoms with Gasteiger partial charge in [0.25, 0.3) is 0 Å². The molecule has 0 amide bonds. The Morgan fingerprint density at radius 1 is 1.30 bits per heavy atom. The van der Waals surface area contributed by atoms with Gasteiger partial charge in [0.05, 0.1) is 17.2 Å². The molecular formula is C16H12ClNO2. The van der Waals surface area contributed by atoms with Crippen LogP contribution < -0.4 is 4.74 Å². The van der Waals surface area contributed by atoms with Crippen LogP contribution in [0.3, 0.4) is 0 Å². The van der Waals surface area contributed by atoms with Crippen molar-refractivity contribution in [3.8, 4) is 11.8 Å². The van der Waals surface area contributed by atoms with Crippen molar-refractivity contribution in [2.45, 2.75) is 13.5 Å². The van der Waals surface area contributed by atoms with Gasteiger partial charge in [-0.2, -0.15) is 5.26 Å². The highest BCUT2D eigenvalue weighted by atomic mass is 35.5. The van der Waals surface area contributed by atoms with Gasteiger partial charge in [0, 0.05) is 10.6 Å². The normalized spacial score (nSPS) is 9.85. The Bertz CT molecular complexity index is 689. The Morgan fingerprint density at radius 2 is 2.05 bits per heavy atom. The van der Waals surface area contributed by atoms with Crippen molar-refractivity contribution < 1.29 is 9.53 Å². The quantitative estimate of drug-likeness (QED) is 0.798. The molecule has 0 fully saturated rings. The second-order valence-corrected chi connectivity index (χ2v) is 4.67. The van der Waals surface area contributed by atoms with Crippen molar-refractivity contribution in [1.29, 1.82) is 5.26 Å². The Kier molecular flexibility index (Phi) is 4.39. The average molecular weight is 286 g/mol. The summed E-state index contributed by atoms with van der Waals surface area (Å²) >= 11 is 6.08. The van der Waals surface area contributed by atoms with Crippen molar-refractivity contribution in [2.24, 2.45) is 0 Å². The van der Waals surface area contributed by atoms with Crippen LogP contribution in [0, 0.1) is 11.3 Å². The Labute approximate surface area is 122 Å². The molecule has 0 saturated heterocycles. The summed E-state index contributed by atoms with van der Waals surface area (Å²) in [5, 5.41) is 9.26. The summed E-state index contributed by atoms with van der Waals surface area (Å²) in [6.45, 7) is 1.74. The number of carbonyl (C=O) groups excluding carboxylic acids is 1. The van der Waals surface area contributed by atoms with Crippen molar-refractivity contribution >= 4 is 17.4 Å². The highest BCUT2D eigenvalue weighted by Crippen LogP contribution is 2.23. The Hall–Kier alpha value is -2.31. The van der Waals surface area contributed by atoms with E-state index in [1.807, 2.05) is 12.1 Å². The topological polar surface area (TPSA) is 50.1 Å². The average Bonchev–Trinajstić information content (AvgIpc) is 2.46. The number of nitriles is 1. The molecule has 0 spiro atoms. The molecule has 0 aliphatic rings. The number of benzene rings is 2. The van der Waals surface area contributed by atoms with Crippen LogP contribution in [0.25, 0.3) is 0 Å². The van der Waals surface area contributed by atoms with Gasteiger partial charge in [-0.15, -0.1) is 0 Å². The maximum absolute atomic E-state index is 11.5. The predicted molar refractivity (Wildman–Crippen MR) is 76.9 cm³/mol. The van der Waals surface area contributed by atoms with Gasteiger partial charge in [0.1, 0.15) is 12.4 Å². The largest absolute Gasteiger partial charge is 0.488 e. The van der Waals surface area contributed by atoms with Gasteiger partial charge in [-0.05, 0) is 31.2 Å². The lowest BCUT2D eigenvalue weighted by molar-refractivity contribution is 0.101. The molecule has 0 N–H and O–H groups in total. The van der Waals surface area contributed by atoms with Gasteiger partial charge in [0.15, 0.2) is 5.78 Å². The van der Waals surface area contributed by atoms with Crippen molar-refractivity contribution in [3.05, 3.63) is 64.2 Å². The van der Waals surface area contributed by atoms with Crippen LogP contribution in [-0.4, -0.2) is 5.78 Å². The van der Waals surface area contributed by atoms with Crippen LogP contribution in [0.15, 0.2) is 42.5 Å². The summed E-state index contributed by atoms with van der Waals surface area (Å²) in [5.41, 5.74) is 1.81. The second kappa shape index (κ2) is 6.23. The van der Waals surface area contributed by atoms with E-state index >= 15 is 0 Å². The zero-order chi connectivity index (χ0) is 14.5. The number of ether oxygens (including phenoxy) is 1. The number of halogens is 1. The highest BCUT2D eigenvalue weighted by Gasteiger charge is 2.09. The van der Waals surface area contributed by atoms with E-state index in [4.69, 9.17) is 21.6 Å². The fourth-order valence-corrected chi connectivity index (χ4v) is 2.01. The molecule has 0 aliphatic heterocycles. The van der Waals surface area contributed by atoms with Crippen LogP contribution in [-0.2, 0) is 6.61 Å². The minimum absolute atomic E-state index is 0.0495. The molecule has 2 aromatic carbocycles. The molecule has 20 heavy (non-hydrogen) atoms. The molecule has 2 rings (SSSR count). The van der Waals surface area contributed by atoms with E-state index in [2.05, 4.69) is 0 Å². The maximum Gasteiger partial charge on any atom is 0.163 e. The lowest BCUT2D eigenvalue weighted by atomic mass is 10.1. The Morgan fingerprint density at radius 3 is 2.70 bits per heavy atom. The van der Waals surface area contributed by atoms with E-state index in [1.54, 1.807) is 36.4 Å². The molecule has 0 saturated carbocycles. The summed E-state index contributed by atoms with van der Waals surface area (Å²) in [7, 11) is 0. The number of hydrogen-bond acceptors (Lipinski definition) is 3. The minimum atomic E-state index is -0.0495. The molecule has 3 nitrogen and oxygen atoms in total. The van der Waals surface area contributed by atoms with E-state index in [0.29, 0.717) is 21.9 Å². The van der Waals surface area contributed by atoms with E-state index in [1.165, 1.54) is 6.92 Å². The smallest absolute Gasteiger partial charge is 0.163 e. The van der Waals surface area contributed by atoms with Crippen molar-refractivity contribution in [3.63, 3.8) is 0 Å². The third-order valence-corrected chi connectivity index (χ3v) is 3.18. The molecule has 0 unspecified atom stereocenters. The molecule has 0 atom stereocenters. The number of hydrogen-bond donors (Lipinski definition) is 0. The van der Waals surface area contributed by atoms with Gasteiger partial charge in [-0.25, -0.2) is 0 Å². The number of ketones is 1. The molecule has 0 bridgehead atoms. The molecule has 0 aromatic heterocycles. The highest BCUT2D eigenvalue weighted by molar-refractivity contribution is 6.31. The number of para-hydroxylation sites is 1. The summed E-state index contributed by atoms with van der Waals surface area (Å²) < 4.78 is 5.65. The van der Waals surface area contributed by atoms with E-state index in [0.717, 1.165) is 5.56 Å².